The maximum atomic E-state index is 12.9. The van der Waals surface area contributed by atoms with Crippen molar-refractivity contribution >= 4 is 17.5 Å². The van der Waals surface area contributed by atoms with Gasteiger partial charge in [-0.05, 0) is 41.8 Å². The fourth-order valence-corrected chi connectivity index (χ4v) is 3.00. The number of hydrogen-bond acceptors (Lipinski definition) is 3. The van der Waals surface area contributed by atoms with Crippen LogP contribution < -0.4 is 16.0 Å². The fraction of sp³-hybridized carbons (Fsp3) is 0.167. The Morgan fingerprint density at radius 1 is 0.833 bits per heavy atom. The molecule has 0 spiro atoms. The highest BCUT2D eigenvalue weighted by Crippen LogP contribution is 2.16. The molecule has 0 aliphatic heterocycles. The van der Waals surface area contributed by atoms with Crippen LogP contribution in [0, 0.1) is 5.82 Å². The van der Waals surface area contributed by atoms with Gasteiger partial charge >= 0.3 is 0 Å². The van der Waals surface area contributed by atoms with Gasteiger partial charge in [0.25, 0.3) is 0 Å². The first kappa shape index (κ1) is 21.2. The third-order valence-electron chi connectivity index (χ3n) is 4.55. The lowest BCUT2D eigenvalue weighted by Crippen LogP contribution is -2.40. The number of rotatable bonds is 9. The molecule has 5 nitrogen and oxygen atoms in total. The van der Waals surface area contributed by atoms with Crippen LogP contribution in [0.25, 0.3) is 0 Å². The van der Waals surface area contributed by atoms with E-state index in [1.807, 2.05) is 60.7 Å². The van der Waals surface area contributed by atoms with Gasteiger partial charge in [0, 0.05) is 12.2 Å². The third-order valence-corrected chi connectivity index (χ3v) is 4.55. The Balaban J connectivity index is 1.54. The van der Waals surface area contributed by atoms with E-state index in [2.05, 4.69) is 16.0 Å². The van der Waals surface area contributed by atoms with E-state index >= 15 is 0 Å². The quantitative estimate of drug-likeness (QED) is 0.511. The molecule has 0 bridgehead atoms. The smallest absolute Gasteiger partial charge is 0.246 e. The van der Waals surface area contributed by atoms with Gasteiger partial charge in [0.15, 0.2) is 0 Å². The van der Waals surface area contributed by atoms with Crippen molar-refractivity contribution in [3.8, 4) is 0 Å². The summed E-state index contributed by atoms with van der Waals surface area (Å²) < 4.78 is 12.9. The molecule has 0 saturated carbocycles. The van der Waals surface area contributed by atoms with Crippen molar-refractivity contribution in [1.29, 1.82) is 0 Å². The van der Waals surface area contributed by atoms with Gasteiger partial charge in [0.05, 0.1) is 6.54 Å². The van der Waals surface area contributed by atoms with Crippen LogP contribution in [0.2, 0.25) is 0 Å². The van der Waals surface area contributed by atoms with Crippen LogP contribution >= 0.6 is 0 Å². The molecule has 3 rings (SSSR count). The topological polar surface area (TPSA) is 70.2 Å². The molecule has 0 aliphatic carbocycles. The summed E-state index contributed by atoms with van der Waals surface area (Å²) in [5.41, 5.74) is 2.40. The van der Waals surface area contributed by atoms with Gasteiger partial charge in [-0.2, -0.15) is 0 Å². The van der Waals surface area contributed by atoms with Crippen molar-refractivity contribution < 1.29 is 14.0 Å². The van der Waals surface area contributed by atoms with E-state index in [0.29, 0.717) is 18.7 Å². The first-order valence-electron chi connectivity index (χ1n) is 9.77. The molecule has 0 aromatic heterocycles. The fourth-order valence-electron chi connectivity index (χ4n) is 3.00. The molecule has 0 heterocycles. The molecular weight excluding hydrogens is 381 g/mol. The average Bonchev–Trinajstić information content (AvgIpc) is 2.77. The van der Waals surface area contributed by atoms with Gasteiger partial charge in [-0.25, -0.2) is 4.39 Å². The van der Waals surface area contributed by atoms with Crippen LogP contribution in [0.5, 0.6) is 0 Å². The summed E-state index contributed by atoms with van der Waals surface area (Å²) in [6, 6.07) is 23.9. The molecular formula is C24H24FN3O2. The third kappa shape index (κ3) is 6.53. The zero-order chi connectivity index (χ0) is 21.2. The lowest BCUT2D eigenvalue weighted by molar-refractivity contribution is -0.121. The molecule has 30 heavy (non-hydrogen) atoms. The summed E-state index contributed by atoms with van der Waals surface area (Å²) >= 11 is 0. The standard InChI is InChI=1S/C24H24FN3O2/c25-20-13-11-18(12-14-20)15-16-26-22(29)17-27-23(19-7-3-1-4-8-19)24(30)28-21-9-5-2-6-10-21/h1-14,23,27H,15-17H2,(H,26,29)(H,28,30). The minimum Gasteiger partial charge on any atom is -0.355 e. The molecule has 3 N–H and O–H groups in total. The highest BCUT2D eigenvalue weighted by atomic mass is 19.1. The summed E-state index contributed by atoms with van der Waals surface area (Å²) in [7, 11) is 0. The molecule has 2 amide bonds. The number of benzene rings is 3. The van der Waals surface area contributed by atoms with E-state index in [9.17, 15) is 14.0 Å². The van der Waals surface area contributed by atoms with Crippen LogP contribution in [0.15, 0.2) is 84.9 Å². The molecule has 0 aliphatic rings. The molecule has 0 radical (unpaired) electrons. The number of carbonyl (C=O) groups excluding carboxylic acids is 2. The number of anilines is 1. The lowest BCUT2D eigenvalue weighted by Gasteiger charge is -2.19. The highest BCUT2D eigenvalue weighted by Gasteiger charge is 2.21. The predicted molar refractivity (Wildman–Crippen MR) is 115 cm³/mol. The predicted octanol–water partition coefficient (Wildman–Crippen LogP) is 3.45. The van der Waals surface area contributed by atoms with E-state index in [1.54, 1.807) is 12.1 Å². The summed E-state index contributed by atoms with van der Waals surface area (Å²) in [5.74, 6) is -0.746. The Morgan fingerprint density at radius 2 is 1.47 bits per heavy atom. The average molecular weight is 405 g/mol. The largest absolute Gasteiger partial charge is 0.355 e. The van der Waals surface area contributed by atoms with Gasteiger partial charge in [-0.1, -0.05) is 60.7 Å². The number of amides is 2. The summed E-state index contributed by atoms with van der Waals surface area (Å²) in [6.07, 6.45) is 0.600. The van der Waals surface area contributed by atoms with Crippen LogP contribution in [0.1, 0.15) is 17.2 Å². The van der Waals surface area contributed by atoms with Gasteiger partial charge in [-0.15, -0.1) is 0 Å². The van der Waals surface area contributed by atoms with Crippen molar-refractivity contribution in [3.63, 3.8) is 0 Å². The molecule has 1 atom stereocenters. The van der Waals surface area contributed by atoms with E-state index in [1.165, 1.54) is 12.1 Å². The Labute approximate surface area is 175 Å². The molecule has 1 unspecified atom stereocenters. The van der Waals surface area contributed by atoms with Gasteiger partial charge in [-0.3, -0.25) is 14.9 Å². The van der Waals surface area contributed by atoms with E-state index < -0.39 is 6.04 Å². The number of nitrogens with one attached hydrogen (secondary N) is 3. The minimum atomic E-state index is -0.672. The SMILES string of the molecule is O=C(CNC(C(=O)Nc1ccccc1)c1ccccc1)NCCc1ccc(F)cc1. The second kappa shape index (κ2) is 10.9. The molecule has 154 valence electrons. The first-order valence-corrected chi connectivity index (χ1v) is 9.77. The van der Waals surface area contributed by atoms with Gasteiger partial charge in [0.1, 0.15) is 11.9 Å². The monoisotopic (exact) mass is 405 g/mol. The Kier molecular flexibility index (Phi) is 7.69. The van der Waals surface area contributed by atoms with Crippen LogP contribution in [0.3, 0.4) is 0 Å². The summed E-state index contributed by atoms with van der Waals surface area (Å²) in [5, 5.41) is 8.72. The van der Waals surface area contributed by atoms with Crippen molar-refractivity contribution in [2.75, 3.05) is 18.4 Å². The van der Waals surface area contributed by atoms with Gasteiger partial charge < -0.3 is 10.6 Å². The zero-order valence-corrected chi connectivity index (χ0v) is 16.5. The second-order valence-corrected chi connectivity index (χ2v) is 6.81. The van der Waals surface area contributed by atoms with E-state index in [4.69, 9.17) is 0 Å². The van der Waals surface area contributed by atoms with Crippen molar-refractivity contribution in [2.24, 2.45) is 0 Å². The number of halogens is 1. The molecule has 6 heteroatoms. The Hall–Kier alpha value is -3.51. The minimum absolute atomic E-state index is 0.00874. The maximum Gasteiger partial charge on any atom is 0.246 e. The van der Waals surface area contributed by atoms with Crippen molar-refractivity contribution in [3.05, 3.63) is 102 Å². The van der Waals surface area contributed by atoms with Gasteiger partial charge in [0.2, 0.25) is 11.8 Å². The van der Waals surface area contributed by atoms with E-state index in [-0.39, 0.29) is 24.2 Å². The second-order valence-electron chi connectivity index (χ2n) is 6.81. The lowest BCUT2D eigenvalue weighted by atomic mass is 10.1. The number of hydrogen-bond donors (Lipinski definition) is 3. The summed E-state index contributed by atoms with van der Waals surface area (Å²) in [6.45, 7) is 0.420. The van der Waals surface area contributed by atoms with Crippen LogP contribution in [0.4, 0.5) is 10.1 Å². The summed E-state index contributed by atoms with van der Waals surface area (Å²) in [4.78, 5) is 25.1. The molecule has 3 aromatic carbocycles. The van der Waals surface area contributed by atoms with Crippen molar-refractivity contribution in [1.82, 2.24) is 10.6 Å². The number of carbonyl (C=O) groups is 2. The molecule has 0 saturated heterocycles. The highest BCUT2D eigenvalue weighted by molar-refractivity contribution is 5.95. The first-order chi connectivity index (χ1) is 14.6. The molecule has 3 aromatic rings. The van der Waals surface area contributed by atoms with E-state index in [0.717, 1.165) is 11.1 Å². The zero-order valence-electron chi connectivity index (χ0n) is 16.5. The van der Waals surface area contributed by atoms with Crippen LogP contribution in [-0.2, 0) is 16.0 Å². The Morgan fingerprint density at radius 3 is 2.13 bits per heavy atom. The van der Waals surface area contributed by atoms with Crippen molar-refractivity contribution in [2.45, 2.75) is 12.5 Å². The Bertz CT molecular complexity index is 947. The normalized spacial score (nSPS) is 11.5. The molecule has 0 fully saturated rings. The van der Waals surface area contributed by atoms with Crippen LogP contribution in [-0.4, -0.2) is 24.9 Å². The maximum absolute atomic E-state index is 12.9. The number of para-hydroxylation sites is 1.